The van der Waals surface area contributed by atoms with Crippen LogP contribution in [0.5, 0.6) is 0 Å². The number of aryl methyl sites for hydroxylation is 1. The minimum atomic E-state index is -3.74. The second-order valence-corrected chi connectivity index (χ2v) is 11.1. The summed E-state index contributed by atoms with van der Waals surface area (Å²) in [5.41, 5.74) is 0.329. The Morgan fingerprint density at radius 1 is 0.800 bits per heavy atom. The van der Waals surface area contributed by atoms with Crippen LogP contribution in [-0.4, -0.2) is 14.0 Å². The van der Waals surface area contributed by atoms with Crippen LogP contribution in [0.1, 0.15) is 117 Å². The lowest BCUT2D eigenvalue weighted by Crippen LogP contribution is -2.35. The molecule has 1 aromatic carbocycles. The van der Waals surface area contributed by atoms with Crippen LogP contribution in [0.4, 0.5) is 0 Å². The third-order valence-corrected chi connectivity index (χ3v) is 7.81. The molecule has 1 atom stereocenters. The predicted octanol–water partition coefficient (Wildman–Crippen LogP) is 8.21. The summed E-state index contributed by atoms with van der Waals surface area (Å²) in [6.07, 6.45) is 17.0. The van der Waals surface area contributed by atoms with E-state index in [1.165, 1.54) is 70.6 Å². The molecule has 4 heteroatoms. The Hall–Kier alpha value is -0.870. The minimum Gasteiger partial charge on any atom is -0.260 e. The van der Waals surface area contributed by atoms with Gasteiger partial charge in [-0.1, -0.05) is 109 Å². The van der Waals surface area contributed by atoms with E-state index in [2.05, 4.69) is 13.8 Å². The van der Waals surface area contributed by atoms with Gasteiger partial charge in [0, 0.05) is 0 Å². The molecule has 0 aromatic heterocycles. The zero-order chi connectivity index (χ0) is 22.5. The molecule has 0 amide bonds. The first kappa shape index (κ1) is 27.2. The van der Waals surface area contributed by atoms with Crippen LogP contribution >= 0.6 is 0 Å². The highest BCUT2D eigenvalue weighted by Crippen LogP contribution is 2.30. The van der Waals surface area contributed by atoms with Crippen molar-refractivity contribution in [3.63, 3.8) is 0 Å². The molecule has 3 nitrogen and oxygen atoms in total. The zero-order valence-electron chi connectivity index (χ0n) is 20.2. The average molecular weight is 439 g/mol. The Labute approximate surface area is 187 Å². The Morgan fingerprint density at radius 2 is 1.23 bits per heavy atom. The van der Waals surface area contributed by atoms with Crippen LogP contribution in [0.3, 0.4) is 0 Å². The first-order valence-electron chi connectivity index (χ1n) is 12.2. The van der Waals surface area contributed by atoms with E-state index in [4.69, 9.17) is 4.18 Å². The van der Waals surface area contributed by atoms with Gasteiger partial charge < -0.3 is 0 Å². The molecule has 0 saturated carbocycles. The topological polar surface area (TPSA) is 43.4 Å². The summed E-state index contributed by atoms with van der Waals surface area (Å²) < 4.78 is 30.9. The Kier molecular flexibility index (Phi) is 12.9. The Morgan fingerprint density at radius 3 is 1.70 bits per heavy atom. The van der Waals surface area contributed by atoms with Crippen molar-refractivity contribution in [2.75, 3.05) is 0 Å². The first-order chi connectivity index (χ1) is 14.2. The number of unbranched alkanes of at least 4 members (excludes halogenated alkanes) is 11. The van der Waals surface area contributed by atoms with E-state index in [9.17, 15) is 8.42 Å². The van der Waals surface area contributed by atoms with Gasteiger partial charge in [-0.15, -0.1) is 0 Å². The molecular weight excluding hydrogens is 392 g/mol. The molecule has 0 aliphatic rings. The fourth-order valence-electron chi connectivity index (χ4n) is 3.76. The van der Waals surface area contributed by atoms with Crippen molar-refractivity contribution in [2.45, 2.75) is 129 Å². The molecular formula is C26H46O3S. The van der Waals surface area contributed by atoms with Crippen LogP contribution < -0.4 is 0 Å². The number of hydrogen-bond acceptors (Lipinski definition) is 3. The molecule has 1 aromatic rings. The van der Waals surface area contributed by atoms with Crippen LogP contribution in [0, 0.1) is 12.8 Å². The van der Waals surface area contributed by atoms with Gasteiger partial charge in [0.2, 0.25) is 0 Å². The summed E-state index contributed by atoms with van der Waals surface area (Å²) in [7, 11) is -3.74. The van der Waals surface area contributed by atoms with Crippen molar-refractivity contribution in [3.05, 3.63) is 29.8 Å². The molecule has 1 rings (SSSR count). The normalized spacial score (nSPS) is 13.5. The van der Waals surface area contributed by atoms with Gasteiger partial charge in [0.15, 0.2) is 0 Å². The molecule has 0 spiro atoms. The molecule has 0 saturated heterocycles. The zero-order valence-corrected chi connectivity index (χ0v) is 21.0. The molecule has 0 bridgehead atoms. The van der Waals surface area contributed by atoms with E-state index in [0.29, 0.717) is 0 Å². The van der Waals surface area contributed by atoms with Crippen molar-refractivity contribution in [1.82, 2.24) is 0 Å². The van der Waals surface area contributed by atoms with Crippen molar-refractivity contribution >= 4 is 10.1 Å². The van der Waals surface area contributed by atoms with Gasteiger partial charge in [-0.05, 0) is 45.2 Å². The summed E-state index contributed by atoms with van der Waals surface area (Å²) in [4.78, 5) is 0.235. The number of rotatable bonds is 17. The molecule has 0 fully saturated rings. The maximum Gasteiger partial charge on any atom is 0.297 e. The lowest BCUT2D eigenvalue weighted by molar-refractivity contribution is 0.0536. The highest BCUT2D eigenvalue weighted by atomic mass is 32.2. The summed E-state index contributed by atoms with van der Waals surface area (Å²) >= 11 is 0. The van der Waals surface area contributed by atoms with E-state index < -0.39 is 15.7 Å². The Bertz CT molecular complexity index is 662. The molecule has 0 aliphatic carbocycles. The third-order valence-electron chi connectivity index (χ3n) is 6.31. The second kappa shape index (κ2) is 14.2. The number of hydrogen-bond donors (Lipinski definition) is 0. The lowest BCUT2D eigenvalue weighted by Gasteiger charge is -2.31. The molecule has 174 valence electrons. The largest absolute Gasteiger partial charge is 0.297 e. The molecule has 0 heterocycles. The monoisotopic (exact) mass is 438 g/mol. The standard InChI is InChI=1S/C26H46O3S/c1-6-7-8-9-10-11-12-13-14-15-16-17-18-24(3)26(4,5)29-30(27,28)25-21-19-23(2)20-22-25/h19-22,24H,6-18H2,1-5H3. The SMILES string of the molecule is CCCCCCCCCCCCCCC(C)C(C)(C)OS(=O)(=O)c1ccc(C)cc1. The highest BCUT2D eigenvalue weighted by Gasteiger charge is 2.33. The van der Waals surface area contributed by atoms with Gasteiger partial charge in [0.25, 0.3) is 10.1 Å². The van der Waals surface area contributed by atoms with Gasteiger partial charge in [-0.2, -0.15) is 8.42 Å². The quantitative estimate of drug-likeness (QED) is 0.182. The second-order valence-electron chi connectivity index (χ2n) is 9.53. The number of benzene rings is 1. The van der Waals surface area contributed by atoms with Gasteiger partial charge in [0.05, 0.1) is 10.5 Å². The summed E-state index contributed by atoms with van der Waals surface area (Å²) in [6, 6.07) is 6.85. The van der Waals surface area contributed by atoms with Crippen LogP contribution in [-0.2, 0) is 14.3 Å². The molecule has 0 radical (unpaired) electrons. The van der Waals surface area contributed by atoms with Crippen LogP contribution in [0.15, 0.2) is 29.2 Å². The predicted molar refractivity (Wildman–Crippen MR) is 128 cm³/mol. The van der Waals surface area contributed by atoms with Gasteiger partial charge in [-0.25, -0.2) is 0 Å². The van der Waals surface area contributed by atoms with Gasteiger partial charge in [0.1, 0.15) is 0 Å². The van der Waals surface area contributed by atoms with Crippen molar-refractivity contribution in [2.24, 2.45) is 5.92 Å². The fourth-order valence-corrected chi connectivity index (χ4v) is 5.05. The van der Waals surface area contributed by atoms with Crippen LogP contribution in [0.25, 0.3) is 0 Å². The minimum absolute atomic E-state index is 0.181. The fraction of sp³-hybridized carbons (Fsp3) is 0.769. The summed E-state index contributed by atoms with van der Waals surface area (Å²) in [5.74, 6) is 0.181. The molecule has 1 unspecified atom stereocenters. The molecule has 30 heavy (non-hydrogen) atoms. The summed E-state index contributed by atoms with van der Waals surface area (Å²) in [6.45, 7) is 10.1. The first-order valence-corrected chi connectivity index (χ1v) is 13.6. The van der Waals surface area contributed by atoms with E-state index in [1.54, 1.807) is 24.3 Å². The molecule has 0 aliphatic heterocycles. The molecule has 0 N–H and O–H groups in total. The average Bonchev–Trinajstić information content (AvgIpc) is 2.68. The van der Waals surface area contributed by atoms with E-state index in [1.807, 2.05) is 20.8 Å². The van der Waals surface area contributed by atoms with Crippen molar-refractivity contribution in [1.29, 1.82) is 0 Å². The summed E-state index contributed by atoms with van der Waals surface area (Å²) in [5, 5.41) is 0. The van der Waals surface area contributed by atoms with E-state index in [-0.39, 0.29) is 10.8 Å². The lowest BCUT2D eigenvalue weighted by atomic mass is 9.88. The van der Waals surface area contributed by atoms with Crippen molar-refractivity contribution < 1.29 is 12.6 Å². The van der Waals surface area contributed by atoms with Gasteiger partial charge in [-0.3, -0.25) is 4.18 Å². The van der Waals surface area contributed by atoms with Crippen molar-refractivity contribution in [3.8, 4) is 0 Å². The Balaban J connectivity index is 2.21. The smallest absolute Gasteiger partial charge is 0.260 e. The third kappa shape index (κ3) is 10.9. The maximum absolute atomic E-state index is 12.6. The van der Waals surface area contributed by atoms with E-state index >= 15 is 0 Å². The van der Waals surface area contributed by atoms with Crippen LogP contribution in [0.2, 0.25) is 0 Å². The maximum atomic E-state index is 12.6. The van der Waals surface area contributed by atoms with E-state index in [0.717, 1.165) is 18.4 Å². The highest BCUT2D eigenvalue weighted by molar-refractivity contribution is 7.86. The van der Waals surface area contributed by atoms with Gasteiger partial charge >= 0.3 is 0 Å².